The molecule has 92 valence electrons. The van der Waals surface area contributed by atoms with E-state index in [0.717, 1.165) is 0 Å². The summed E-state index contributed by atoms with van der Waals surface area (Å²) in [6.45, 7) is 10.1. The Labute approximate surface area is 95.8 Å². The van der Waals surface area contributed by atoms with Crippen LogP contribution in [0, 0.1) is 5.92 Å². The van der Waals surface area contributed by atoms with Crippen LogP contribution < -0.4 is 5.32 Å². The molecule has 5 heteroatoms. The predicted molar refractivity (Wildman–Crippen MR) is 59.7 cm³/mol. The van der Waals surface area contributed by atoms with Crippen LogP contribution in [0.4, 0.5) is 4.79 Å². The molecule has 0 aromatic carbocycles. The first-order valence-electron chi connectivity index (χ1n) is 5.02. The maximum atomic E-state index is 11.4. The molecule has 5 nitrogen and oxygen atoms in total. The first-order chi connectivity index (χ1) is 7.23. The van der Waals surface area contributed by atoms with Crippen molar-refractivity contribution in [1.82, 2.24) is 5.32 Å². The molecule has 0 radical (unpaired) electrons. The Morgan fingerprint density at radius 3 is 2.12 bits per heavy atom. The Morgan fingerprint density at radius 2 is 1.81 bits per heavy atom. The lowest BCUT2D eigenvalue weighted by Crippen LogP contribution is -2.44. The highest BCUT2D eigenvalue weighted by atomic mass is 16.7. The van der Waals surface area contributed by atoms with Gasteiger partial charge in [-0.05, 0) is 6.92 Å². The third kappa shape index (κ3) is 3.92. The molecule has 1 unspecified atom stereocenters. The summed E-state index contributed by atoms with van der Waals surface area (Å²) < 4.78 is 10.1. The molecule has 0 bridgehead atoms. The second kappa shape index (κ2) is 5.53. The molecular formula is C11H19NO4. The number of carbonyl (C=O) groups is 2. The van der Waals surface area contributed by atoms with Gasteiger partial charge in [-0.15, -0.1) is 0 Å². The summed E-state index contributed by atoms with van der Waals surface area (Å²) in [5.41, 5.74) is 0.257. The van der Waals surface area contributed by atoms with Crippen LogP contribution in [0.2, 0.25) is 0 Å². The number of carbonyl (C=O) groups excluding carboxylic acids is 2. The molecule has 0 aliphatic carbocycles. The lowest BCUT2D eigenvalue weighted by atomic mass is 10.1. The molecular weight excluding hydrogens is 210 g/mol. The van der Waals surface area contributed by atoms with Crippen molar-refractivity contribution in [3.8, 4) is 0 Å². The van der Waals surface area contributed by atoms with Crippen molar-refractivity contribution < 1.29 is 19.1 Å². The Bertz CT molecular complexity index is 298. The average Bonchev–Trinajstić information content (AvgIpc) is 2.16. The Kier molecular flexibility index (Phi) is 5.01. The van der Waals surface area contributed by atoms with E-state index >= 15 is 0 Å². The summed E-state index contributed by atoms with van der Waals surface area (Å²) in [7, 11) is 1.43. The van der Waals surface area contributed by atoms with E-state index in [1.54, 1.807) is 13.8 Å². The summed E-state index contributed by atoms with van der Waals surface area (Å²) >= 11 is 0. The van der Waals surface area contributed by atoms with Gasteiger partial charge < -0.3 is 14.8 Å². The first kappa shape index (κ1) is 14.5. The van der Waals surface area contributed by atoms with Gasteiger partial charge in [0.05, 0.1) is 0 Å². The maximum absolute atomic E-state index is 11.4. The van der Waals surface area contributed by atoms with Crippen LogP contribution in [0.1, 0.15) is 27.7 Å². The number of esters is 1. The Hall–Kier alpha value is -1.52. The molecule has 1 atom stereocenters. The predicted octanol–water partition coefficient (Wildman–Crippen LogP) is 1.83. The molecule has 1 amide bonds. The summed E-state index contributed by atoms with van der Waals surface area (Å²) in [6, 6.07) is 0. The third-order valence-electron chi connectivity index (χ3n) is 2.19. The highest BCUT2D eigenvalue weighted by Gasteiger charge is 2.37. The first-order valence-corrected chi connectivity index (χ1v) is 5.02. The Morgan fingerprint density at radius 1 is 1.31 bits per heavy atom. The number of nitrogens with one attached hydrogen (secondary N) is 1. The molecule has 0 aromatic rings. The van der Waals surface area contributed by atoms with Crippen molar-refractivity contribution in [2.75, 3.05) is 7.05 Å². The van der Waals surface area contributed by atoms with Gasteiger partial charge in [-0.2, -0.15) is 0 Å². The number of ether oxygens (including phenoxy) is 2. The zero-order valence-electron chi connectivity index (χ0n) is 10.4. The van der Waals surface area contributed by atoms with Crippen molar-refractivity contribution in [2.24, 2.45) is 5.92 Å². The minimum absolute atomic E-state index is 0.173. The average molecular weight is 229 g/mol. The van der Waals surface area contributed by atoms with E-state index in [4.69, 9.17) is 9.47 Å². The fourth-order valence-electron chi connectivity index (χ4n) is 0.763. The summed E-state index contributed by atoms with van der Waals surface area (Å²) in [5, 5.41) is 2.30. The number of amides is 1. The molecule has 0 rings (SSSR count). The summed E-state index contributed by atoms with van der Waals surface area (Å²) in [5.74, 6) is -2.05. The Balaban J connectivity index is 4.76. The number of alkyl carbamates (subject to hydrolysis) is 1. The van der Waals surface area contributed by atoms with E-state index in [1.807, 2.05) is 0 Å². The third-order valence-corrected chi connectivity index (χ3v) is 2.19. The van der Waals surface area contributed by atoms with Crippen LogP contribution in [-0.2, 0) is 14.3 Å². The zero-order valence-corrected chi connectivity index (χ0v) is 10.4. The van der Waals surface area contributed by atoms with Gasteiger partial charge in [0.15, 0.2) is 0 Å². The summed E-state index contributed by atoms with van der Waals surface area (Å²) in [6.07, 6.45) is -0.647. The largest absolute Gasteiger partial charge is 0.419 e. The smallest absolute Gasteiger partial charge is 0.410 e. The fourth-order valence-corrected chi connectivity index (χ4v) is 0.763. The van der Waals surface area contributed by atoms with E-state index in [2.05, 4.69) is 11.9 Å². The molecule has 0 aliphatic rings. The monoisotopic (exact) mass is 229 g/mol. The van der Waals surface area contributed by atoms with Crippen LogP contribution in [0.3, 0.4) is 0 Å². The van der Waals surface area contributed by atoms with E-state index in [9.17, 15) is 9.59 Å². The van der Waals surface area contributed by atoms with E-state index < -0.39 is 17.8 Å². The van der Waals surface area contributed by atoms with Gasteiger partial charge >= 0.3 is 12.1 Å². The molecule has 0 aromatic heterocycles. The lowest BCUT2D eigenvalue weighted by molar-refractivity contribution is -0.213. The van der Waals surface area contributed by atoms with Crippen LogP contribution in [0.25, 0.3) is 0 Å². The number of hydrogen-bond donors (Lipinski definition) is 1. The molecule has 0 saturated heterocycles. The van der Waals surface area contributed by atoms with E-state index in [1.165, 1.54) is 20.9 Å². The fraction of sp³-hybridized carbons (Fsp3) is 0.636. The lowest BCUT2D eigenvalue weighted by Gasteiger charge is -2.32. The maximum Gasteiger partial charge on any atom is 0.410 e. The number of rotatable bonds is 4. The molecule has 16 heavy (non-hydrogen) atoms. The van der Waals surface area contributed by atoms with Crippen molar-refractivity contribution >= 4 is 12.1 Å². The van der Waals surface area contributed by atoms with Crippen LogP contribution >= 0.6 is 0 Å². The zero-order chi connectivity index (χ0) is 12.9. The van der Waals surface area contributed by atoms with Gasteiger partial charge in [0, 0.05) is 25.5 Å². The van der Waals surface area contributed by atoms with E-state index in [-0.39, 0.29) is 11.5 Å². The number of hydrogen-bond acceptors (Lipinski definition) is 4. The molecule has 0 heterocycles. The molecule has 0 spiro atoms. The van der Waals surface area contributed by atoms with Crippen molar-refractivity contribution in [3.63, 3.8) is 0 Å². The van der Waals surface area contributed by atoms with Gasteiger partial charge in [0.1, 0.15) is 0 Å². The SMILES string of the molecule is C=C(C)C(=O)OC(C)(OC(=O)NC)C(C)C. The molecule has 1 N–H and O–H groups in total. The molecule has 0 fully saturated rings. The van der Waals surface area contributed by atoms with E-state index in [0.29, 0.717) is 0 Å². The molecule has 0 saturated carbocycles. The quantitative estimate of drug-likeness (QED) is 0.454. The van der Waals surface area contributed by atoms with Crippen molar-refractivity contribution in [1.29, 1.82) is 0 Å². The van der Waals surface area contributed by atoms with Gasteiger partial charge in [-0.1, -0.05) is 20.4 Å². The van der Waals surface area contributed by atoms with Crippen LogP contribution in [0.5, 0.6) is 0 Å². The van der Waals surface area contributed by atoms with Crippen LogP contribution in [-0.4, -0.2) is 24.9 Å². The van der Waals surface area contributed by atoms with Gasteiger partial charge in [0.25, 0.3) is 5.79 Å². The normalized spacial score (nSPS) is 13.9. The van der Waals surface area contributed by atoms with Crippen molar-refractivity contribution in [3.05, 3.63) is 12.2 Å². The highest BCUT2D eigenvalue weighted by Crippen LogP contribution is 2.24. The minimum Gasteiger partial charge on any atom is -0.419 e. The van der Waals surface area contributed by atoms with Gasteiger partial charge in [0.2, 0.25) is 0 Å². The van der Waals surface area contributed by atoms with Crippen LogP contribution in [0.15, 0.2) is 12.2 Å². The van der Waals surface area contributed by atoms with Crippen molar-refractivity contribution in [2.45, 2.75) is 33.5 Å². The second-order valence-electron chi connectivity index (χ2n) is 3.98. The summed E-state index contributed by atoms with van der Waals surface area (Å²) in [4.78, 5) is 22.5. The second-order valence-corrected chi connectivity index (χ2v) is 3.98. The topological polar surface area (TPSA) is 64.6 Å². The highest BCUT2D eigenvalue weighted by molar-refractivity contribution is 5.87. The molecule has 0 aliphatic heterocycles. The van der Waals surface area contributed by atoms with Gasteiger partial charge in [-0.3, -0.25) is 0 Å². The standard InChI is InChI=1S/C11H19NO4/c1-7(2)9(13)15-11(5,8(3)4)16-10(14)12-6/h8H,1H2,2-6H3,(H,12,14). The minimum atomic E-state index is -1.30. The van der Waals surface area contributed by atoms with Gasteiger partial charge in [-0.25, -0.2) is 9.59 Å².